The van der Waals surface area contributed by atoms with Gasteiger partial charge in [-0.15, -0.1) is 10.2 Å². The molecule has 1 aromatic carbocycles. The van der Waals surface area contributed by atoms with Gasteiger partial charge in [-0.05, 0) is 45.0 Å². The Balaban J connectivity index is 1.93. The maximum atomic E-state index is 12.9. The second-order valence-corrected chi connectivity index (χ2v) is 8.94. The van der Waals surface area contributed by atoms with Crippen molar-refractivity contribution in [3.63, 3.8) is 0 Å². The predicted octanol–water partition coefficient (Wildman–Crippen LogP) is 2.88. The number of anilines is 2. The van der Waals surface area contributed by atoms with Crippen LogP contribution in [-0.2, 0) is 10.0 Å². The van der Waals surface area contributed by atoms with Gasteiger partial charge in [0, 0.05) is 11.4 Å². The Morgan fingerprint density at radius 2 is 1.67 bits per heavy atom. The predicted molar refractivity (Wildman–Crippen MR) is 106 cm³/mol. The van der Waals surface area contributed by atoms with Crippen molar-refractivity contribution < 1.29 is 13.2 Å². The molecule has 0 saturated carbocycles. The largest absolute Gasteiger partial charge is 0.318 e. The normalized spacial score (nSPS) is 11.4. The first-order valence-corrected chi connectivity index (χ1v) is 10.7. The summed E-state index contributed by atoms with van der Waals surface area (Å²) < 4.78 is 26.8. The minimum Gasteiger partial charge on any atom is -0.318 e. The fourth-order valence-electron chi connectivity index (χ4n) is 2.71. The van der Waals surface area contributed by atoms with Gasteiger partial charge >= 0.3 is 0 Å². The summed E-state index contributed by atoms with van der Waals surface area (Å²) in [7, 11) is -3.45. The molecular formula is C17H19N5O3S2. The van der Waals surface area contributed by atoms with Crippen molar-refractivity contribution in [2.24, 2.45) is 0 Å². The van der Waals surface area contributed by atoms with Crippen molar-refractivity contribution in [3.8, 4) is 5.69 Å². The molecule has 0 bridgehead atoms. The Hall–Kier alpha value is -2.72. The number of sulfonamides is 1. The molecule has 10 heteroatoms. The van der Waals surface area contributed by atoms with Gasteiger partial charge in [0.1, 0.15) is 0 Å². The van der Waals surface area contributed by atoms with E-state index in [9.17, 15) is 13.2 Å². The lowest BCUT2D eigenvalue weighted by Crippen LogP contribution is -2.16. The quantitative estimate of drug-likeness (QED) is 0.679. The van der Waals surface area contributed by atoms with E-state index in [1.807, 2.05) is 49.6 Å². The van der Waals surface area contributed by atoms with Crippen molar-refractivity contribution in [3.05, 3.63) is 52.8 Å². The zero-order valence-corrected chi connectivity index (χ0v) is 16.9. The van der Waals surface area contributed by atoms with E-state index in [1.165, 1.54) is 0 Å². The van der Waals surface area contributed by atoms with Crippen LogP contribution in [0.5, 0.6) is 0 Å². The maximum Gasteiger partial charge on any atom is 0.259 e. The van der Waals surface area contributed by atoms with E-state index in [0.717, 1.165) is 40.2 Å². The van der Waals surface area contributed by atoms with Gasteiger partial charge in [-0.25, -0.2) is 8.42 Å². The van der Waals surface area contributed by atoms with Gasteiger partial charge in [-0.3, -0.25) is 14.8 Å². The lowest BCUT2D eigenvalue weighted by atomic mass is 10.1. The van der Waals surface area contributed by atoms with Gasteiger partial charge < -0.3 is 4.57 Å². The summed E-state index contributed by atoms with van der Waals surface area (Å²) in [4.78, 5) is 12.9. The van der Waals surface area contributed by atoms with Crippen LogP contribution in [0, 0.1) is 20.8 Å². The van der Waals surface area contributed by atoms with E-state index in [4.69, 9.17) is 0 Å². The number of nitrogens with one attached hydrogen (secondary N) is 2. The zero-order valence-electron chi connectivity index (χ0n) is 15.3. The van der Waals surface area contributed by atoms with Crippen LogP contribution in [0.3, 0.4) is 0 Å². The van der Waals surface area contributed by atoms with Crippen molar-refractivity contribution in [1.82, 2.24) is 14.8 Å². The molecule has 2 aromatic heterocycles. The molecule has 0 aliphatic rings. The summed E-state index contributed by atoms with van der Waals surface area (Å²) in [6, 6.07) is 9.64. The van der Waals surface area contributed by atoms with E-state index in [1.54, 1.807) is 6.07 Å². The number of amides is 1. The first-order valence-electron chi connectivity index (χ1n) is 8.02. The number of carbonyl (C=O) groups excluding carboxylic acids is 1. The summed E-state index contributed by atoms with van der Waals surface area (Å²) in [6.07, 6.45) is 1.02. The van der Waals surface area contributed by atoms with Crippen molar-refractivity contribution in [2.45, 2.75) is 20.8 Å². The highest BCUT2D eigenvalue weighted by Crippen LogP contribution is 2.25. The fraction of sp³-hybridized carbons (Fsp3) is 0.235. The molecule has 0 radical (unpaired) electrons. The molecule has 27 heavy (non-hydrogen) atoms. The molecule has 142 valence electrons. The maximum absolute atomic E-state index is 12.9. The SMILES string of the molecule is Cc1ccc(-n2c(C)ccc2C)c(C(=O)Nc2nnc(NS(C)(=O)=O)s2)c1. The number of carbonyl (C=O) groups is 1. The molecule has 0 fully saturated rings. The monoisotopic (exact) mass is 405 g/mol. The van der Waals surface area contributed by atoms with E-state index in [0.29, 0.717) is 5.56 Å². The second kappa shape index (κ2) is 7.12. The van der Waals surface area contributed by atoms with Gasteiger partial charge in [-0.2, -0.15) is 0 Å². The highest BCUT2D eigenvalue weighted by molar-refractivity contribution is 7.92. The standard InChI is InChI=1S/C17H19N5O3S2/c1-10-5-8-14(22-11(2)6-7-12(22)3)13(9-10)15(23)18-16-19-20-17(26-16)21-27(4,24)25/h5-9H,1-4H3,(H,20,21)(H,18,19,23). The van der Waals surface area contributed by atoms with E-state index < -0.39 is 10.0 Å². The molecular weight excluding hydrogens is 386 g/mol. The average Bonchev–Trinajstić information content (AvgIpc) is 3.12. The molecule has 0 aliphatic carbocycles. The highest BCUT2D eigenvalue weighted by Gasteiger charge is 2.18. The molecule has 2 heterocycles. The minimum absolute atomic E-state index is 0.0920. The van der Waals surface area contributed by atoms with Crippen molar-refractivity contribution in [1.29, 1.82) is 0 Å². The Bertz CT molecular complexity index is 1100. The number of hydrogen-bond donors (Lipinski definition) is 2. The average molecular weight is 406 g/mol. The van der Waals surface area contributed by atoms with Crippen LogP contribution < -0.4 is 10.0 Å². The number of benzene rings is 1. The summed E-state index contributed by atoms with van der Waals surface area (Å²) in [5.41, 5.74) is 4.23. The third-order valence-corrected chi connectivity index (χ3v) is 5.27. The Morgan fingerprint density at radius 3 is 2.30 bits per heavy atom. The van der Waals surface area contributed by atoms with E-state index in [2.05, 4.69) is 20.2 Å². The lowest BCUT2D eigenvalue weighted by Gasteiger charge is -2.15. The third-order valence-electron chi connectivity index (χ3n) is 3.83. The second-order valence-electron chi connectivity index (χ2n) is 6.21. The summed E-state index contributed by atoms with van der Waals surface area (Å²) in [6.45, 7) is 5.86. The number of aromatic nitrogens is 3. The molecule has 0 aliphatic heterocycles. The van der Waals surface area contributed by atoms with Crippen LogP contribution in [0.2, 0.25) is 0 Å². The van der Waals surface area contributed by atoms with Crippen LogP contribution in [0.15, 0.2) is 30.3 Å². The van der Waals surface area contributed by atoms with Crippen LogP contribution in [0.4, 0.5) is 10.3 Å². The smallest absolute Gasteiger partial charge is 0.259 e. The van der Waals surface area contributed by atoms with Crippen LogP contribution in [0.25, 0.3) is 5.69 Å². The zero-order chi connectivity index (χ0) is 19.8. The first kappa shape index (κ1) is 19.1. The first-order chi connectivity index (χ1) is 12.6. The van der Waals surface area contributed by atoms with Gasteiger partial charge in [0.05, 0.1) is 17.5 Å². The molecule has 0 saturated heterocycles. The van der Waals surface area contributed by atoms with Gasteiger partial charge in [0.15, 0.2) is 0 Å². The summed E-state index contributed by atoms with van der Waals surface area (Å²) in [5, 5.41) is 10.5. The molecule has 1 amide bonds. The van der Waals surface area contributed by atoms with E-state index >= 15 is 0 Å². The van der Waals surface area contributed by atoms with Gasteiger partial charge in [-0.1, -0.05) is 23.0 Å². The molecule has 2 N–H and O–H groups in total. The number of nitrogens with zero attached hydrogens (tertiary/aromatic N) is 3. The molecule has 0 unspecified atom stereocenters. The minimum atomic E-state index is -3.45. The Labute approximate surface area is 161 Å². The van der Waals surface area contributed by atoms with Crippen molar-refractivity contribution >= 4 is 37.5 Å². The lowest BCUT2D eigenvalue weighted by molar-refractivity contribution is 0.102. The Morgan fingerprint density at radius 1 is 1.04 bits per heavy atom. The highest BCUT2D eigenvalue weighted by atomic mass is 32.2. The van der Waals surface area contributed by atoms with Crippen LogP contribution >= 0.6 is 11.3 Å². The number of rotatable bonds is 5. The van der Waals surface area contributed by atoms with Crippen LogP contribution in [0.1, 0.15) is 27.3 Å². The van der Waals surface area contributed by atoms with E-state index in [-0.39, 0.29) is 16.2 Å². The Kier molecular flexibility index (Phi) is 5.03. The van der Waals surface area contributed by atoms with Gasteiger partial charge in [0.2, 0.25) is 20.3 Å². The molecule has 3 rings (SSSR count). The third kappa shape index (κ3) is 4.34. The van der Waals surface area contributed by atoms with Crippen molar-refractivity contribution in [2.75, 3.05) is 16.3 Å². The molecule has 0 spiro atoms. The van der Waals surface area contributed by atoms with Gasteiger partial charge in [0.25, 0.3) is 5.91 Å². The topological polar surface area (TPSA) is 106 Å². The summed E-state index contributed by atoms with van der Waals surface area (Å²) in [5.74, 6) is -0.344. The molecule has 3 aromatic rings. The van der Waals surface area contributed by atoms with Crippen LogP contribution in [-0.4, -0.2) is 35.3 Å². The molecule has 0 atom stereocenters. The summed E-state index contributed by atoms with van der Waals surface area (Å²) >= 11 is 0.945. The number of hydrogen-bond acceptors (Lipinski definition) is 6. The molecule has 8 nitrogen and oxygen atoms in total. The fourth-order valence-corrected chi connectivity index (χ4v) is 4.18. The number of aryl methyl sites for hydroxylation is 3.